The molecule has 2 aromatic heterocycles. The first kappa shape index (κ1) is 28.6. The summed E-state index contributed by atoms with van der Waals surface area (Å²) in [5, 5.41) is 8.77. The number of esters is 1. The molecule has 0 unspecified atom stereocenters. The molecule has 0 bridgehead atoms. The van der Waals surface area contributed by atoms with Gasteiger partial charge in [-0.05, 0) is 37.6 Å². The number of thioether (sulfide) groups is 1. The van der Waals surface area contributed by atoms with Gasteiger partial charge < -0.3 is 20.1 Å². The van der Waals surface area contributed by atoms with E-state index in [9.17, 15) is 14.5 Å². The van der Waals surface area contributed by atoms with Crippen LogP contribution in [0.5, 0.6) is 5.75 Å². The van der Waals surface area contributed by atoms with Crippen molar-refractivity contribution in [2.45, 2.75) is 49.8 Å². The largest absolute Gasteiger partial charge is 0.463 e. The number of imidazole rings is 1. The van der Waals surface area contributed by atoms with Gasteiger partial charge in [-0.1, -0.05) is 25.1 Å². The molecule has 0 spiro atoms. The molecule has 1 aliphatic heterocycles. The second-order valence-corrected chi connectivity index (χ2v) is 12.8. The van der Waals surface area contributed by atoms with Crippen LogP contribution in [-0.4, -0.2) is 67.0 Å². The molecule has 0 saturated carbocycles. The highest BCUT2D eigenvalue weighted by Gasteiger charge is 2.47. The molecule has 3 heterocycles. The van der Waals surface area contributed by atoms with Crippen LogP contribution in [-0.2, 0) is 18.6 Å². The smallest absolute Gasteiger partial charge is 0.380 e. The van der Waals surface area contributed by atoms with Gasteiger partial charge in [0.2, 0.25) is 5.28 Å². The van der Waals surface area contributed by atoms with E-state index < -0.39 is 42.4 Å². The number of ether oxygens (including phenoxy) is 1. The number of hydrogen-bond acceptors (Lipinski definition) is 11. The number of nitrogens with zero attached hydrogens (tertiary/aromatic N) is 4. The molecule has 1 saturated heterocycles. The van der Waals surface area contributed by atoms with Gasteiger partial charge in [0.15, 0.2) is 17.6 Å². The summed E-state index contributed by atoms with van der Waals surface area (Å²) in [6.45, 7) is 4.66. The highest BCUT2D eigenvalue weighted by molar-refractivity contribution is 8.00. The Kier molecular flexibility index (Phi) is 8.83. The van der Waals surface area contributed by atoms with Crippen molar-refractivity contribution in [3.8, 4) is 5.75 Å². The van der Waals surface area contributed by atoms with Crippen LogP contribution in [0.3, 0.4) is 0 Å². The van der Waals surface area contributed by atoms with Gasteiger partial charge >= 0.3 is 13.6 Å². The van der Waals surface area contributed by atoms with E-state index in [0.717, 1.165) is 11.8 Å². The van der Waals surface area contributed by atoms with Crippen LogP contribution < -0.4 is 10.3 Å². The zero-order valence-electron chi connectivity index (χ0n) is 20.8. The molecule has 1 aromatic carbocycles. The van der Waals surface area contributed by atoms with Crippen LogP contribution >= 0.6 is 31.0 Å². The Morgan fingerprint density at radius 2 is 2.00 bits per heavy atom. The lowest BCUT2D eigenvalue weighted by Crippen LogP contribution is -2.31. The first-order valence-electron chi connectivity index (χ1n) is 11.8. The molecule has 11 nitrogen and oxygen atoms in total. The minimum Gasteiger partial charge on any atom is -0.463 e. The van der Waals surface area contributed by atoms with Crippen molar-refractivity contribution in [2.24, 2.45) is 5.92 Å². The van der Waals surface area contributed by atoms with Crippen LogP contribution in [0.25, 0.3) is 11.2 Å². The lowest BCUT2D eigenvalue weighted by atomic mass is 10.1. The van der Waals surface area contributed by atoms with Crippen LogP contribution in [0.15, 0.2) is 36.7 Å². The molecule has 3 N–H and O–H groups in total. The maximum atomic E-state index is 15.3. The van der Waals surface area contributed by atoms with Crippen LogP contribution in [0, 0.1) is 5.92 Å². The predicted molar refractivity (Wildman–Crippen MR) is 142 cm³/mol. The molecule has 6 atom stereocenters. The Morgan fingerprint density at radius 3 is 2.68 bits per heavy atom. The number of para-hydroxylation sites is 1. The molecule has 38 heavy (non-hydrogen) atoms. The van der Waals surface area contributed by atoms with Crippen molar-refractivity contribution in [2.75, 3.05) is 18.5 Å². The minimum atomic E-state index is -3.95. The third kappa shape index (κ3) is 6.40. The molecule has 4 rings (SSSR count). The van der Waals surface area contributed by atoms with Gasteiger partial charge in [0.1, 0.15) is 22.7 Å². The number of halogens is 2. The van der Waals surface area contributed by atoms with Gasteiger partial charge in [-0.15, -0.1) is 11.8 Å². The normalized spacial score (nSPS) is 23.9. The summed E-state index contributed by atoms with van der Waals surface area (Å²) in [5.74, 6) is -1.03. The summed E-state index contributed by atoms with van der Waals surface area (Å²) in [4.78, 5) is 24.5. The molecule has 0 aliphatic carbocycles. The number of hydrogen-bond donors (Lipinski definition) is 2. The molecule has 1 fully saturated rings. The first-order valence-corrected chi connectivity index (χ1v) is 14.8. The molecular weight excluding hydrogens is 560 g/mol. The van der Waals surface area contributed by atoms with Crippen molar-refractivity contribution in [3.05, 3.63) is 41.9 Å². The highest BCUT2D eigenvalue weighted by atomic mass is 35.5. The maximum absolute atomic E-state index is 15.3. The van der Waals surface area contributed by atoms with Gasteiger partial charge in [-0.3, -0.25) is 13.9 Å². The van der Waals surface area contributed by atoms with Gasteiger partial charge in [-0.25, -0.2) is 13.9 Å². The monoisotopic (exact) mass is 587 g/mol. The summed E-state index contributed by atoms with van der Waals surface area (Å²) in [5.41, 5.74) is 6.31. The summed E-state index contributed by atoms with van der Waals surface area (Å²) in [7, 11) is -3.95. The minimum absolute atomic E-state index is 0.0432. The number of aliphatic hydroxyl groups is 1. The Labute approximate surface area is 227 Å². The third-order valence-electron chi connectivity index (χ3n) is 5.66. The second kappa shape index (κ2) is 11.7. The average molecular weight is 588 g/mol. The highest BCUT2D eigenvalue weighted by Crippen LogP contribution is 2.52. The zero-order chi connectivity index (χ0) is 27.6. The average Bonchev–Trinajstić information content (AvgIpc) is 3.39. The molecule has 0 radical (unpaired) electrons. The van der Waals surface area contributed by atoms with Crippen molar-refractivity contribution >= 4 is 53.9 Å². The summed E-state index contributed by atoms with van der Waals surface area (Å²) >= 11 is 6.97. The Balaban J connectivity index is 1.51. The fourth-order valence-corrected chi connectivity index (χ4v) is 7.43. The Bertz CT molecular complexity index is 1330. The van der Waals surface area contributed by atoms with E-state index in [1.54, 1.807) is 51.1 Å². The number of fused-ring (bicyclic) bond motifs is 1. The number of aromatic nitrogens is 4. The molecule has 0 amide bonds. The summed E-state index contributed by atoms with van der Waals surface area (Å²) in [6, 6.07) is 8.36. The zero-order valence-corrected chi connectivity index (χ0v) is 23.3. The number of anilines is 1. The van der Waals surface area contributed by atoms with E-state index in [1.807, 2.05) is 0 Å². The van der Waals surface area contributed by atoms with Gasteiger partial charge in [0, 0.05) is 0 Å². The number of carbonyl (C=O) groups is 1. The van der Waals surface area contributed by atoms with Gasteiger partial charge in [0.05, 0.1) is 36.4 Å². The number of alkyl halides is 1. The van der Waals surface area contributed by atoms with E-state index in [0.29, 0.717) is 0 Å². The number of nitrogen functional groups attached to an aromatic ring is 1. The topological polar surface area (TPSA) is 152 Å². The second-order valence-electron chi connectivity index (χ2n) is 9.08. The van der Waals surface area contributed by atoms with E-state index in [2.05, 4.69) is 15.0 Å². The SMILES string of the molecule is CC(C)OC(=O)[C@H](C)C[P@](=O)(OC[C@H]1S[C@@H](n2cnc3c(N)nc(Cl)nc32)[C@@H](F)[C@@H]1O)Oc1ccccc1. The Morgan fingerprint density at radius 1 is 1.29 bits per heavy atom. The summed E-state index contributed by atoms with van der Waals surface area (Å²) in [6.07, 6.45) is -2.48. The predicted octanol–water partition coefficient (Wildman–Crippen LogP) is 4.25. The van der Waals surface area contributed by atoms with E-state index in [-0.39, 0.29) is 46.9 Å². The maximum Gasteiger partial charge on any atom is 0.380 e. The van der Waals surface area contributed by atoms with Crippen molar-refractivity contribution < 1.29 is 32.6 Å². The van der Waals surface area contributed by atoms with Gasteiger partial charge in [-0.2, -0.15) is 9.97 Å². The number of rotatable bonds is 10. The molecule has 3 aromatic rings. The summed E-state index contributed by atoms with van der Waals surface area (Å²) < 4.78 is 47.2. The molecular formula is C23H28ClFN5O6PS. The van der Waals surface area contributed by atoms with E-state index >= 15 is 4.39 Å². The third-order valence-corrected chi connectivity index (χ3v) is 9.39. The van der Waals surface area contributed by atoms with Crippen molar-refractivity contribution in [1.29, 1.82) is 0 Å². The van der Waals surface area contributed by atoms with Gasteiger partial charge in [0.25, 0.3) is 0 Å². The van der Waals surface area contributed by atoms with Crippen LogP contribution in [0.2, 0.25) is 5.28 Å². The lowest BCUT2D eigenvalue weighted by molar-refractivity contribution is -0.151. The fraction of sp³-hybridized carbons (Fsp3) is 0.478. The number of carbonyl (C=O) groups excluding carboxylic acids is 1. The Hall–Kier alpha value is -2.44. The first-order chi connectivity index (χ1) is 18.0. The van der Waals surface area contributed by atoms with Crippen molar-refractivity contribution in [1.82, 2.24) is 19.5 Å². The van der Waals surface area contributed by atoms with Crippen LogP contribution in [0.4, 0.5) is 10.2 Å². The number of aliphatic hydroxyl groups excluding tert-OH is 1. The number of benzene rings is 1. The standard InChI is InChI=1S/C23H28ClFN5O6PS/c1-12(2)35-22(32)13(3)10-37(33,36-14-7-5-4-6-8-14)34-9-15-18(31)16(25)21(38-15)30-11-27-17-19(26)28-23(24)29-20(17)30/h4-8,11-13,15-16,18,21,31H,9-10H2,1-3H3,(H2,26,28,29)/t13-,15-,16+,18-,21-,37+/m1/s1. The molecule has 15 heteroatoms. The molecule has 1 aliphatic rings. The fourth-order valence-electron chi connectivity index (χ4n) is 3.87. The number of nitrogens with two attached hydrogens (primary N) is 1. The lowest BCUT2D eigenvalue weighted by Gasteiger charge is -2.24. The van der Waals surface area contributed by atoms with Crippen LogP contribution in [0.1, 0.15) is 26.1 Å². The van der Waals surface area contributed by atoms with Crippen molar-refractivity contribution in [3.63, 3.8) is 0 Å². The molecule has 206 valence electrons. The van der Waals surface area contributed by atoms with E-state index in [1.165, 1.54) is 10.9 Å². The van der Waals surface area contributed by atoms with E-state index in [4.69, 9.17) is 31.1 Å². The quantitative estimate of drug-likeness (QED) is 0.199.